The van der Waals surface area contributed by atoms with E-state index >= 15 is 0 Å². The minimum atomic E-state index is -4.32. The largest absolute Gasteiger partial charge is 0.416 e. The van der Waals surface area contributed by atoms with Gasteiger partial charge in [0.1, 0.15) is 0 Å². The van der Waals surface area contributed by atoms with Crippen molar-refractivity contribution in [3.05, 3.63) is 119 Å². The van der Waals surface area contributed by atoms with E-state index in [0.717, 1.165) is 50.4 Å². The number of fused-ring (bicyclic) bond motifs is 1. The van der Waals surface area contributed by atoms with E-state index in [1.54, 1.807) is 6.08 Å². The summed E-state index contributed by atoms with van der Waals surface area (Å²) in [6, 6.07) is 23.4. The predicted molar refractivity (Wildman–Crippen MR) is 133 cm³/mol. The Kier molecular flexibility index (Phi) is 5.80. The first-order valence-corrected chi connectivity index (χ1v) is 11.1. The number of aromatic nitrogens is 2. The van der Waals surface area contributed by atoms with E-state index in [1.807, 2.05) is 42.6 Å². The van der Waals surface area contributed by atoms with Crippen LogP contribution in [0.25, 0.3) is 34.2 Å². The molecule has 2 heterocycles. The highest BCUT2D eigenvalue weighted by molar-refractivity contribution is 6.33. The topological polar surface area (TPSA) is 20.7 Å². The average Bonchev–Trinajstić information content (AvgIpc) is 3.44. The molecule has 3 aromatic carbocycles. The third-order valence-electron chi connectivity index (χ3n) is 5.77. The Labute approximate surface area is 199 Å². The number of alkyl halides is 3. The maximum Gasteiger partial charge on any atom is 0.416 e. The minimum Gasteiger partial charge on any atom is -0.361 e. The van der Waals surface area contributed by atoms with E-state index in [1.165, 1.54) is 12.1 Å². The van der Waals surface area contributed by atoms with Gasteiger partial charge in [-0.05, 0) is 65.2 Å². The Balaban J connectivity index is 1.31. The van der Waals surface area contributed by atoms with Gasteiger partial charge in [-0.3, -0.25) is 0 Å². The van der Waals surface area contributed by atoms with Gasteiger partial charge in [0.15, 0.2) is 0 Å². The van der Waals surface area contributed by atoms with Crippen LogP contribution in [0.4, 0.5) is 13.2 Å². The van der Waals surface area contributed by atoms with Gasteiger partial charge in [-0.15, -0.1) is 0 Å². The molecule has 0 fully saturated rings. The Hall–Kier alpha value is -3.70. The molecule has 0 bridgehead atoms. The molecule has 34 heavy (non-hydrogen) atoms. The lowest BCUT2D eigenvalue weighted by Gasteiger charge is -2.07. The molecule has 0 unspecified atom stereocenters. The summed E-state index contributed by atoms with van der Waals surface area (Å²) >= 11 is 6.36. The lowest BCUT2D eigenvalue weighted by Crippen LogP contribution is -2.03. The smallest absolute Gasteiger partial charge is 0.361 e. The Morgan fingerprint density at radius 2 is 1.68 bits per heavy atom. The zero-order chi connectivity index (χ0) is 23.7. The van der Waals surface area contributed by atoms with Gasteiger partial charge in [-0.1, -0.05) is 54.1 Å². The molecule has 5 aromatic rings. The van der Waals surface area contributed by atoms with Crippen molar-refractivity contribution in [3.8, 4) is 11.1 Å². The van der Waals surface area contributed by atoms with Gasteiger partial charge in [-0.2, -0.15) is 13.2 Å². The minimum absolute atomic E-state index is 0.648. The maximum absolute atomic E-state index is 12.7. The molecule has 2 aromatic heterocycles. The van der Waals surface area contributed by atoms with Crippen molar-refractivity contribution < 1.29 is 13.2 Å². The van der Waals surface area contributed by atoms with Crippen LogP contribution in [-0.4, -0.2) is 9.55 Å². The maximum atomic E-state index is 12.7. The zero-order valence-electron chi connectivity index (χ0n) is 18.0. The third kappa shape index (κ3) is 4.66. The fourth-order valence-electron chi connectivity index (χ4n) is 4.01. The van der Waals surface area contributed by atoms with Crippen LogP contribution in [0.15, 0.2) is 91.3 Å². The van der Waals surface area contributed by atoms with Crippen LogP contribution in [0.5, 0.6) is 0 Å². The first kappa shape index (κ1) is 22.1. The molecule has 0 amide bonds. The average molecular weight is 477 g/mol. The number of halogens is 4. The molecular weight excluding hydrogens is 457 g/mol. The highest BCUT2D eigenvalue weighted by atomic mass is 35.5. The van der Waals surface area contributed by atoms with Crippen LogP contribution in [-0.2, 0) is 12.7 Å². The summed E-state index contributed by atoms with van der Waals surface area (Å²) < 4.78 is 40.3. The molecule has 170 valence electrons. The van der Waals surface area contributed by atoms with Crippen LogP contribution in [0.1, 0.15) is 22.4 Å². The lowest BCUT2D eigenvalue weighted by atomic mass is 10.0. The third-order valence-corrected chi connectivity index (χ3v) is 6.10. The molecule has 0 aliphatic rings. The van der Waals surface area contributed by atoms with E-state index in [-0.39, 0.29) is 0 Å². The number of nitrogens with zero attached hydrogens (tertiary/aromatic N) is 1. The first-order valence-electron chi connectivity index (χ1n) is 10.7. The summed E-state index contributed by atoms with van der Waals surface area (Å²) in [5.74, 6) is 0. The van der Waals surface area contributed by atoms with Crippen molar-refractivity contribution in [2.45, 2.75) is 12.7 Å². The Morgan fingerprint density at radius 3 is 2.44 bits per heavy atom. The number of hydrogen-bond acceptors (Lipinski definition) is 0. The molecule has 5 rings (SSSR count). The number of H-pyrrole nitrogens is 1. The molecule has 0 aliphatic carbocycles. The van der Waals surface area contributed by atoms with Gasteiger partial charge < -0.3 is 9.55 Å². The summed E-state index contributed by atoms with van der Waals surface area (Å²) in [5, 5.41) is 1.86. The second-order valence-corrected chi connectivity index (χ2v) is 8.52. The van der Waals surface area contributed by atoms with Gasteiger partial charge in [0.25, 0.3) is 0 Å². The summed E-state index contributed by atoms with van der Waals surface area (Å²) in [4.78, 5) is 3.21. The van der Waals surface area contributed by atoms with Crippen molar-refractivity contribution in [2.75, 3.05) is 0 Å². The molecule has 0 aliphatic heterocycles. The lowest BCUT2D eigenvalue weighted by molar-refractivity contribution is -0.137. The highest BCUT2D eigenvalue weighted by Crippen LogP contribution is 2.31. The molecule has 0 spiro atoms. The summed E-state index contributed by atoms with van der Waals surface area (Å²) in [6.07, 6.45) is 3.32. The van der Waals surface area contributed by atoms with Gasteiger partial charge in [-0.25, -0.2) is 0 Å². The van der Waals surface area contributed by atoms with Crippen molar-refractivity contribution >= 4 is 34.7 Å². The number of aromatic amines is 1. The van der Waals surface area contributed by atoms with Gasteiger partial charge in [0.2, 0.25) is 0 Å². The fraction of sp³-hybridized carbons (Fsp3) is 0.0714. The normalized spacial score (nSPS) is 12.1. The zero-order valence-corrected chi connectivity index (χ0v) is 18.7. The summed E-state index contributed by atoms with van der Waals surface area (Å²) in [6.45, 7) is 0.694. The molecule has 0 saturated carbocycles. The predicted octanol–water partition coefficient (Wildman–Crippen LogP) is 8.53. The van der Waals surface area contributed by atoms with Crippen LogP contribution in [0, 0.1) is 0 Å². The highest BCUT2D eigenvalue weighted by Gasteiger charge is 2.29. The fourth-order valence-corrected chi connectivity index (χ4v) is 4.26. The molecule has 2 nitrogen and oxygen atoms in total. The Morgan fingerprint density at radius 1 is 0.882 bits per heavy atom. The number of benzene rings is 3. The van der Waals surface area contributed by atoms with E-state index < -0.39 is 11.7 Å². The second kappa shape index (κ2) is 8.92. The summed E-state index contributed by atoms with van der Waals surface area (Å²) in [7, 11) is 0. The quantitative estimate of drug-likeness (QED) is 0.262. The van der Waals surface area contributed by atoms with Crippen LogP contribution in [0.3, 0.4) is 0 Å². The van der Waals surface area contributed by atoms with Crippen LogP contribution < -0.4 is 0 Å². The SMILES string of the molecule is FC(F)(F)c1ccc(/C=C/c2cc(Cn3ccc4cc(-c5ccccc5Cl)ccc43)c[nH]2)cc1. The Bertz CT molecular complexity index is 1470. The van der Waals surface area contributed by atoms with Crippen molar-refractivity contribution in [1.29, 1.82) is 0 Å². The molecule has 0 saturated heterocycles. The van der Waals surface area contributed by atoms with Gasteiger partial charge in [0.05, 0.1) is 5.56 Å². The van der Waals surface area contributed by atoms with E-state index in [2.05, 4.69) is 40.0 Å². The number of hydrogen-bond donors (Lipinski definition) is 1. The molecule has 0 radical (unpaired) electrons. The summed E-state index contributed by atoms with van der Waals surface area (Å²) in [5.41, 5.74) is 5.24. The van der Waals surface area contributed by atoms with E-state index in [4.69, 9.17) is 11.6 Å². The number of nitrogens with one attached hydrogen (secondary N) is 1. The van der Waals surface area contributed by atoms with Crippen molar-refractivity contribution in [3.63, 3.8) is 0 Å². The standard InChI is InChI=1S/C28H20ClF3N2/c29-26-4-2-1-3-25(26)21-8-12-27-22(16-21)13-14-34(27)18-20-15-24(33-17-20)11-7-19-5-9-23(10-6-19)28(30,31)32/h1-17,33H,18H2/b11-7+. The molecule has 1 N–H and O–H groups in total. The second-order valence-electron chi connectivity index (χ2n) is 8.11. The first-order chi connectivity index (χ1) is 16.4. The van der Waals surface area contributed by atoms with E-state index in [0.29, 0.717) is 12.1 Å². The van der Waals surface area contributed by atoms with Crippen molar-refractivity contribution in [1.82, 2.24) is 9.55 Å². The van der Waals surface area contributed by atoms with Crippen LogP contribution in [0.2, 0.25) is 5.02 Å². The number of rotatable bonds is 5. The molecular formula is C28H20ClF3N2. The van der Waals surface area contributed by atoms with Crippen LogP contribution >= 0.6 is 11.6 Å². The van der Waals surface area contributed by atoms with E-state index in [9.17, 15) is 13.2 Å². The van der Waals surface area contributed by atoms with Gasteiger partial charge in [0, 0.05) is 46.1 Å². The van der Waals surface area contributed by atoms with Gasteiger partial charge >= 0.3 is 6.18 Å². The monoisotopic (exact) mass is 476 g/mol. The molecule has 0 atom stereocenters. The van der Waals surface area contributed by atoms with Crippen molar-refractivity contribution in [2.24, 2.45) is 0 Å². The molecule has 6 heteroatoms.